The fourth-order valence-electron chi connectivity index (χ4n) is 5.11. The molecule has 6 heteroatoms. The molecule has 2 heterocycles. The van der Waals surface area contributed by atoms with E-state index in [-0.39, 0.29) is 30.2 Å². The Balaban J connectivity index is 1.42. The van der Waals surface area contributed by atoms with Crippen molar-refractivity contribution in [3.05, 3.63) is 29.8 Å². The SMILES string of the molecule is O=C1Nc2ccccc2CC1CCC(=O)N1C(C(=O)O)CC2CCCCC21. The lowest BCUT2D eigenvalue weighted by Gasteiger charge is -2.33. The minimum atomic E-state index is -0.901. The van der Waals surface area contributed by atoms with Gasteiger partial charge in [0.05, 0.1) is 0 Å². The van der Waals surface area contributed by atoms with E-state index in [9.17, 15) is 19.5 Å². The number of anilines is 1. The van der Waals surface area contributed by atoms with Crippen molar-refractivity contribution < 1.29 is 19.5 Å². The Kier molecular flexibility index (Phi) is 4.89. The number of nitrogens with zero attached hydrogens (tertiary/aromatic N) is 1. The van der Waals surface area contributed by atoms with E-state index < -0.39 is 12.0 Å². The van der Waals surface area contributed by atoms with Crippen LogP contribution in [0.3, 0.4) is 0 Å². The van der Waals surface area contributed by atoms with Crippen LogP contribution in [0, 0.1) is 11.8 Å². The Labute approximate surface area is 158 Å². The van der Waals surface area contributed by atoms with Gasteiger partial charge in [-0.25, -0.2) is 4.79 Å². The summed E-state index contributed by atoms with van der Waals surface area (Å²) in [6, 6.07) is 7.09. The molecular formula is C21H26N2O4. The molecule has 27 heavy (non-hydrogen) atoms. The second-order valence-electron chi connectivity index (χ2n) is 8.09. The van der Waals surface area contributed by atoms with Crippen molar-refractivity contribution in [2.24, 2.45) is 11.8 Å². The van der Waals surface area contributed by atoms with Crippen LogP contribution < -0.4 is 5.32 Å². The van der Waals surface area contributed by atoms with Gasteiger partial charge in [0.2, 0.25) is 11.8 Å². The van der Waals surface area contributed by atoms with Crippen LogP contribution in [0.1, 0.15) is 50.5 Å². The molecule has 1 aromatic rings. The van der Waals surface area contributed by atoms with Crippen molar-refractivity contribution in [3.63, 3.8) is 0 Å². The lowest BCUT2D eigenvalue weighted by atomic mass is 9.84. The summed E-state index contributed by atoms with van der Waals surface area (Å²) < 4.78 is 0. The first-order valence-corrected chi connectivity index (χ1v) is 9.97. The van der Waals surface area contributed by atoms with Crippen LogP contribution in [0.5, 0.6) is 0 Å². The predicted octanol–water partition coefficient (Wildman–Crippen LogP) is 2.82. The van der Waals surface area contributed by atoms with Crippen molar-refractivity contribution in [3.8, 4) is 0 Å². The zero-order valence-electron chi connectivity index (χ0n) is 15.4. The van der Waals surface area contributed by atoms with E-state index in [1.165, 1.54) is 0 Å². The number of carboxylic acids is 1. The third-order valence-corrected chi connectivity index (χ3v) is 6.48. The van der Waals surface area contributed by atoms with Crippen LogP contribution in [0.2, 0.25) is 0 Å². The number of fused-ring (bicyclic) bond motifs is 2. The molecule has 2 amide bonds. The number of amides is 2. The van der Waals surface area contributed by atoms with E-state index in [0.29, 0.717) is 25.2 Å². The molecule has 0 aromatic heterocycles. The Morgan fingerprint density at radius 1 is 1.19 bits per heavy atom. The highest BCUT2D eigenvalue weighted by atomic mass is 16.4. The number of carbonyl (C=O) groups excluding carboxylic acids is 2. The molecule has 4 atom stereocenters. The number of para-hydroxylation sites is 1. The van der Waals surface area contributed by atoms with E-state index in [4.69, 9.17) is 0 Å². The molecule has 3 aliphatic rings. The highest BCUT2D eigenvalue weighted by Crippen LogP contribution is 2.40. The summed E-state index contributed by atoms with van der Waals surface area (Å²) in [6.45, 7) is 0. The lowest BCUT2D eigenvalue weighted by molar-refractivity contribution is -0.150. The zero-order valence-corrected chi connectivity index (χ0v) is 15.4. The fourth-order valence-corrected chi connectivity index (χ4v) is 5.11. The van der Waals surface area contributed by atoms with Gasteiger partial charge in [0.15, 0.2) is 0 Å². The van der Waals surface area contributed by atoms with Crippen LogP contribution in [0.4, 0.5) is 5.69 Å². The van der Waals surface area contributed by atoms with Gasteiger partial charge in [0.1, 0.15) is 6.04 Å². The van der Waals surface area contributed by atoms with Gasteiger partial charge in [-0.05, 0) is 49.7 Å². The molecule has 1 saturated carbocycles. The Bertz CT molecular complexity index is 762. The van der Waals surface area contributed by atoms with Crippen molar-refractivity contribution in [1.82, 2.24) is 4.90 Å². The third kappa shape index (κ3) is 3.45. The summed E-state index contributed by atoms with van der Waals surface area (Å²) in [5.41, 5.74) is 1.94. The Morgan fingerprint density at radius 3 is 2.78 bits per heavy atom. The van der Waals surface area contributed by atoms with Crippen molar-refractivity contribution in [2.45, 2.75) is 63.5 Å². The van der Waals surface area contributed by atoms with Crippen LogP contribution in [-0.2, 0) is 20.8 Å². The minimum absolute atomic E-state index is 0.0479. The summed E-state index contributed by atoms with van der Waals surface area (Å²) in [5.74, 6) is -0.982. The molecule has 1 aliphatic carbocycles. The number of rotatable bonds is 4. The molecule has 0 spiro atoms. The fraction of sp³-hybridized carbons (Fsp3) is 0.571. The van der Waals surface area contributed by atoms with Gasteiger partial charge in [-0.2, -0.15) is 0 Å². The first-order chi connectivity index (χ1) is 13.0. The van der Waals surface area contributed by atoms with Crippen molar-refractivity contribution in [1.29, 1.82) is 0 Å². The van der Waals surface area contributed by atoms with Gasteiger partial charge < -0.3 is 15.3 Å². The molecule has 6 nitrogen and oxygen atoms in total. The maximum absolute atomic E-state index is 12.9. The number of hydrogen-bond donors (Lipinski definition) is 2. The molecule has 1 saturated heterocycles. The molecule has 4 rings (SSSR count). The van der Waals surface area contributed by atoms with Gasteiger partial charge in [0, 0.05) is 24.1 Å². The van der Waals surface area contributed by atoms with E-state index in [0.717, 1.165) is 36.9 Å². The van der Waals surface area contributed by atoms with Crippen LogP contribution >= 0.6 is 0 Å². The quantitative estimate of drug-likeness (QED) is 0.853. The largest absolute Gasteiger partial charge is 0.480 e. The smallest absolute Gasteiger partial charge is 0.326 e. The maximum atomic E-state index is 12.9. The second-order valence-corrected chi connectivity index (χ2v) is 8.09. The molecule has 1 aromatic carbocycles. The summed E-state index contributed by atoms with van der Waals surface area (Å²) in [5, 5.41) is 12.5. The normalized spacial score (nSPS) is 29.6. The molecule has 0 radical (unpaired) electrons. The summed E-state index contributed by atoms with van der Waals surface area (Å²) in [4.78, 5) is 38.6. The molecule has 2 N–H and O–H groups in total. The number of aliphatic carboxylic acids is 1. The average molecular weight is 370 g/mol. The summed E-state index contributed by atoms with van der Waals surface area (Å²) >= 11 is 0. The zero-order chi connectivity index (χ0) is 19.0. The van der Waals surface area contributed by atoms with E-state index >= 15 is 0 Å². The number of hydrogen-bond acceptors (Lipinski definition) is 3. The van der Waals surface area contributed by atoms with Crippen LogP contribution in [-0.4, -0.2) is 39.9 Å². The molecule has 0 bridgehead atoms. The number of nitrogens with one attached hydrogen (secondary N) is 1. The van der Waals surface area contributed by atoms with Crippen molar-refractivity contribution >= 4 is 23.5 Å². The number of likely N-dealkylation sites (tertiary alicyclic amines) is 1. The minimum Gasteiger partial charge on any atom is -0.480 e. The van der Waals surface area contributed by atoms with Gasteiger partial charge in [-0.15, -0.1) is 0 Å². The molecule has 4 unspecified atom stereocenters. The molecule has 2 fully saturated rings. The summed E-state index contributed by atoms with van der Waals surface area (Å²) in [6.07, 6.45) is 5.98. The molecular weight excluding hydrogens is 344 g/mol. The van der Waals surface area contributed by atoms with Crippen LogP contribution in [0.15, 0.2) is 24.3 Å². The first kappa shape index (κ1) is 18.0. The topological polar surface area (TPSA) is 86.7 Å². The number of benzene rings is 1. The number of carbonyl (C=O) groups is 3. The van der Waals surface area contributed by atoms with Gasteiger partial charge >= 0.3 is 5.97 Å². The van der Waals surface area contributed by atoms with Gasteiger partial charge in [0.25, 0.3) is 0 Å². The predicted molar refractivity (Wildman–Crippen MR) is 100 cm³/mol. The molecule has 2 aliphatic heterocycles. The summed E-state index contributed by atoms with van der Waals surface area (Å²) in [7, 11) is 0. The second kappa shape index (κ2) is 7.33. The highest BCUT2D eigenvalue weighted by Gasteiger charge is 2.47. The average Bonchev–Trinajstić information content (AvgIpc) is 3.06. The van der Waals surface area contributed by atoms with Crippen LogP contribution in [0.25, 0.3) is 0 Å². The van der Waals surface area contributed by atoms with Gasteiger partial charge in [-0.1, -0.05) is 31.0 Å². The first-order valence-electron chi connectivity index (χ1n) is 9.97. The van der Waals surface area contributed by atoms with E-state index in [1.54, 1.807) is 4.90 Å². The monoisotopic (exact) mass is 370 g/mol. The van der Waals surface area contributed by atoms with Crippen molar-refractivity contribution in [2.75, 3.05) is 5.32 Å². The van der Waals surface area contributed by atoms with Gasteiger partial charge in [-0.3, -0.25) is 9.59 Å². The maximum Gasteiger partial charge on any atom is 0.326 e. The number of carboxylic acid groups (broad SMARTS) is 1. The third-order valence-electron chi connectivity index (χ3n) is 6.48. The standard InChI is InChI=1S/C21H26N2O4/c24-19(23-17-8-4-2-6-14(17)12-18(23)21(26)27)10-9-15-11-13-5-1-3-7-16(13)22-20(15)25/h1,3,5,7,14-15,17-18H,2,4,6,8-12H2,(H,22,25)(H,26,27). The highest BCUT2D eigenvalue weighted by molar-refractivity contribution is 5.96. The van der Waals surface area contributed by atoms with E-state index in [2.05, 4.69) is 5.32 Å². The molecule has 144 valence electrons. The van der Waals surface area contributed by atoms with E-state index in [1.807, 2.05) is 24.3 Å². The lowest BCUT2D eigenvalue weighted by Crippen LogP contribution is -2.46. The Morgan fingerprint density at radius 2 is 1.96 bits per heavy atom. The Hall–Kier alpha value is -2.37.